The van der Waals surface area contributed by atoms with Crippen molar-refractivity contribution in [2.75, 3.05) is 13.2 Å². The molecular formula is C16H29NO2. The summed E-state index contributed by atoms with van der Waals surface area (Å²) in [6.07, 6.45) is 5.46. The number of carbonyl (C=O) groups is 1. The summed E-state index contributed by atoms with van der Waals surface area (Å²) in [6.45, 7) is 10.4. The predicted octanol–water partition coefficient (Wildman–Crippen LogP) is 3.23. The van der Waals surface area contributed by atoms with Crippen LogP contribution in [0.5, 0.6) is 0 Å². The van der Waals surface area contributed by atoms with Crippen LogP contribution in [0.4, 0.5) is 0 Å². The fourth-order valence-electron chi connectivity index (χ4n) is 3.99. The van der Waals surface area contributed by atoms with Crippen LogP contribution in [-0.2, 0) is 9.53 Å². The summed E-state index contributed by atoms with van der Waals surface area (Å²) >= 11 is 0. The van der Waals surface area contributed by atoms with E-state index in [2.05, 4.69) is 32.6 Å². The second kappa shape index (κ2) is 5.82. The summed E-state index contributed by atoms with van der Waals surface area (Å²) in [5, 5.41) is 0. The summed E-state index contributed by atoms with van der Waals surface area (Å²) < 4.78 is 5.50. The summed E-state index contributed by atoms with van der Waals surface area (Å²) in [5.74, 6) is 0.505. The van der Waals surface area contributed by atoms with Gasteiger partial charge in [0.15, 0.2) is 0 Å². The van der Waals surface area contributed by atoms with Crippen LogP contribution in [0, 0.1) is 11.3 Å². The molecule has 2 aliphatic rings. The van der Waals surface area contributed by atoms with Gasteiger partial charge in [-0.1, -0.05) is 13.8 Å². The fraction of sp³-hybridized carbons (Fsp3) is 0.938. The van der Waals surface area contributed by atoms with Gasteiger partial charge in [-0.2, -0.15) is 0 Å². The maximum Gasteiger partial charge on any atom is 0.226 e. The minimum absolute atomic E-state index is 0.129. The number of amides is 1. The Balaban J connectivity index is 2.13. The van der Waals surface area contributed by atoms with Crippen molar-refractivity contribution in [2.24, 2.45) is 11.3 Å². The second-order valence-electron chi connectivity index (χ2n) is 6.57. The molecule has 3 atom stereocenters. The Bertz CT molecular complexity index is 313. The molecule has 2 fully saturated rings. The van der Waals surface area contributed by atoms with Crippen LogP contribution in [0.2, 0.25) is 0 Å². The van der Waals surface area contributed by atoms with Gasteiger partial charge >= 0.3 is 0 Å². The Morgan fingerprint density at radius 1 is 1.26 bits per heavy atom. The molecule has 110 valence electrons. The van der Waals surface area contributed by atoms with Gasteiger partial charge in [0.2, 0.25) is 5.91 Å². The third-order valence-corrected chi connectivity index (χ3v) is 5.69. The Hall–Kier alpha value is -0.570. The van der Waals surface area contributed by atoms with Gasteiger partial charge in [0, 0.05) is 31.2 Å². The molecular weight excluding hydrogens is 238 g/mol. The van der Waals surface area contributed by atoms with E-state index in [1.54, 1.807) is 0 Å². The predicted molar refractivity (Wildman–Crippen MR) is 76.9 cm³/mol. The number of ether oxygens (including phenoxy) is 1. The van der Waals surface area contributed by atoms with Crippen molar-refractivity contribution in [3.05, 3.63) is 0 Å². The quantitative estimate of drug-likeness (QED) is 0.785. The monoisotopic (exact) mass is 267 g/mol. The van der Waals surface area contributed by atoms with E-state index in [1.165, 1.54) is 0 Å². The van der Waals surface area contributed by atoms with Crippen LogP contribution in [0.25, 0.3) is 0 Å². The molecule has 2 heterocycles. The summed E-state index contributed by atoms with van der Waals surface area (Å²) in [5.41, 5.74) is 0.164. The van der Waals surface area contributed by atoms with E-state index in [0.717, 1.165) is 45.3 Å². The molecule has 0 bridgehead atoms. The van der Waals surface area contributed by atoms with Gasteiger partial charge < -0.3 is 9.64 Å². The van der Waals surface area contributed by atoms with E-state index in [-0.39, 0.29) is 11.3 Å². The van der Waals surface area contributed by atoms with Crippen molar-refractivity contribution in [1.82, 2.24) is 4.90 Å². The first-order valence-corrected chi connectivity index (χ1v) is 7.92. The highest BCUT2D eigenvalue weighted by Crippen LogP contribution is 2.43. The van der Waals surface area contributed by atoms with Crippen LogP contribution < -0.4 is 0 Å². The average molecular weight is 267 g/mol. The standard InChI is InChI=1S/C16H29NO2/c1-5-16(8-10-19-11-9-16)14(4)15(18)17-12(2)6-7-13(17)3/h12-14H,5-11H2,1-4H3/t12-,13?,14?/m1/s1. The minimum atomic E-state index is 0.129. The highest BCUT2D eigenvalue weighted by atomic mass is 16.5. The van der Waals surface area contributed by atoms with E-state index >= 15 is 0 Å². The van der Waals surface area contributed by atoms with E-state index in [4.69, 9.17) is 4.74 Å². The zero-order valence-corrected chi connectivity index (χ0v) is 12.9. The SMILES string of the molecule is CCC1(C(C)C(=O)N2C(C)CC[C@H]2C)CCOCC1. The van der Waals surface area contributed by atoms with Gasteiger partial charge in [0.1, 0.15) is 0 Å². The zero-order chi connectivity index (χ0) is 14.0. The van der Waals surface area contributed by atoms with Crippen molar-refractivity contribution in [3.8, 4) is 0 Å². The van der Waals surface area contributed by atoms with Crippen molar-refractivity contribution in [2.45, 2.75) is 71.9 Å². The van der Waals surface area contributed by atoms with E-state index in [0.29, 0.717) is 18.0 Å². The summed E-state index contributed by atoms with van der Waals surface area (Å²) in [7, 11) is 0. The van der Waals surface area contributed by atoms with Crippen LogP contribution in [0.15, 0.2) is 0 Å². The lowest BCUT2D eigenvalue weighted by molar-refractivity contribution is -0.145. The number of nitrogens with zero attached hydrogens (tertiary/aromatic N) is 1. The van der Waals surface area contributed by atoms with Gasteiger partial charge in [0.05, 0.1) is 0 Å². The number of hydrogen-bond donors (Lipinski definition) is 0. The second-order valence-corrected chi connectivity index (χ2v) is 6.57. The lowest BCUT2D eigenvalue weighted by Crippen LogP contribution is -2.48. The molecule has 0 N–H and O–H groups in total. The minimum Gasteiger partial charge on any atom is -0.381 e. The molecule has 0 spiro atoms. The van der Waals surface area contributed by atoms with Crippen LogP contribution in [0.3, 0.4) is 0 Å². The average Bonchev–Trinajstić information content (AvgIpc) is 2.77. The molecule has 1 amide bonds. The van der Waals surface area contributed by atoms with E-state index in [9.17, 15) is 4.79 Å². The molecule has 19 heavy (non-hydrogen) atoms. The number of carbonyl (C=O) groups excluding carboxylic acids is 1. The van der Waals surface area contributed by atoms with Crippen LogP contribution >= 0.6 is 0 Å². The Morgan fingerprint density at radius 2 is 1.79 bits per heavy atom. The topological polar surface area (TPSA) is 29.5 Å². The van der Waals surface area contributed by atoms with Crippen molar-refractivity contribution < 1.29 is 9.53 Å². The molecule has 2 aliphatic heterocycles. The first kappa shape index (κ1) is 14.8. The third kappa shape index (κ3) is 2.67. The molecule has 2 saturated heterocycles. The molecule has 0 aromatic carbocycles. The maximum absolute atomic E-state index is 12.9. The van der Waals surface area contributed by atoms with Crippen molar-refractivity contribution >= 4 is 5.91 Å². The molecule has 0 aliphatic carbocycles. The molecule has 3 nitrogen and oxygen atoms in total. The Labute approximate surface area is 117 Å². The smallest absolute Gasteiger partial charge is 0.226 e. The largest absolute Gasteiger partial charge is 0.381 e. The van der Waals surface area contributed by atoms with E-state index in [1.807, 2.05) is 0 Å². The summed E-state index contributed by atoms with van der Waals surface area (Å²) in [4.78, 5) is 15.1. The normalized spacial score (nSPS) is 32.3. The van der Waals surface area contributed by atoms with Gasteiger partial charge in [0.25, 0.3) is 0 Å². The molecule has 0 aromatic rings. The number of hydrogen-bond acceptors (Lipinski definition) is 2. The highest BCUT2D eigenvalue weighted by molar-refractivity contribution is 5.80. The Kier molecular flexibility index (Phi) is 4.54. The van der Waals surface area contributed by atoms with Crippen molar-refractivity contribution in [3.63, 3.8) is 0 Å². The zero-order valence-electron chi connectivity index (χ0n) is 12.9. The van der Waals surface area contributed by atoms with Crippen LogP contribution in [-0.4, -0.2) is 36.1 Å². The first-order chi connectivity index (χ1) is 9.02. The lowest BCUT2D eigenvalue weighted by atomic mass is 9.68. The molecule has 0 aromatic heterocycles. The Morgan fingerprint density at radius 3 is 2.26 bits per heavy atom. The lowest BCUT2D eigenvalue weighted by Gasteiger charge is -2.43. The molecule has 2 unspecified atom stereocenters. The van der Waals surface area contributed by atoms with Gasteiger partial charge in [-0.05, 0) is 51.4 Å². The maximum atomic E-state index is 12.9. The van der Waals surface area contributed by atoms with Gasteiger partial charge in [-0.3, -0.25) is 4.79 Å². The molecule has 0 saturated carbocycles. The molecule has 0 radical (unpaired) electrons. The fourth-order valence-corrected chi connectivity index (χ4v) is 3.99. The molecule has 3 heteroatoms. The number of likely N-dealkylation sites (tertiary alicyclic amines) is 1. The third-order valence-electron chi connectivity index (χ3n) is 5.69. The van der Waals surface area contributed by atoms with Crippen molar-refractivity contribution in [1.29, 1.82) is 0 Å². The highest BCUT2D eigenvalue weighted by Gasteiger charge is 2.44. The van der Waals surface area contributed by atoms with Gasteiger partial charge in [-0.15, -0.1) is 0 Å². The first-order valence-electron chi connectivity index (χ1n) is 7.92. The van der Waals surface area contributed by atoms with E-state index < -0.39 is 0 Å². The number of rotatable bonds is 3. The van der Waals surface area contributed by atoms with Gasteiger partial charge in [-0.25, -0.2) is 0 Å². The summed E-state index contributed by atoms with van der Waals surface area (Å²) in [6, 6.07) is 0.831. The molecule has 2 rings (SSSR count). The van der Waals surface area contributed by atoms with Crippen LogP contribution in [0.1, 0.15) is 59.8 Å².